The van der Waals surface area contributed by atoms with Gasteiger partial charge in [0.25, 0.3) is 0 Å². The van der Waals surface area contributed by atoms with Gasteiger partial charge in [-0.05, 0) is 36.8 Å². The Balaban J connectivity index is 2.44. The molecule has 0 saturated carbocycles. The van der Waals surface area contributed by atoms with Gasteiger partial charge in [0.2, 0.25) is 0 Å². The van der Waals surface area contributed by atoms with Crippen molar-refractivity contribution in [3.8, 4) is 11.5 Å². The minimum atomic E-state index is -0.390. The maximum atomic E-state index is 13.9. The standard InChI is InChI=1S/C14H11BrFNOS/c1-8-3-2-4-12(13(8)16)18-11-6-5-9(15)7-10(11)14(17)19/h2-7H,1H3,(H2,17,19). The summed E-state index contributed by atoms with van der Waals surface area (Å²) >= 11 is 8.30. The molecule has 0 spiro atoms. The smallest absolute Gasteiger partial charge is 0.168 e. The van der Waals surface area contributed by atoms with E-state index >= 15 is 0 Å². The van der Waals surface area contributed by atoms with E-state index < -0.39 is 0 Å². The Labute approximate surface area is 124 Å². The van der Waals surface area contributed by atoms with Crippen LogP contribution in [0.3, 0.4) is 0 Å². The number of nitrogens with two attached hydrogens (primary N) is 1. The molecule has 2 nitrogen and oxygen atoms in total. The Morgan fingerprint density at radius 3 is 2.68 bits per heavy atom. The molecule has 2 aromatic rings. The molecule has 0 aliphatic rings. The normalized spacial score (nSPS) is 10.3. The predicted octanol–water partition coefficient (Wildman–Crippen LogP) is 4.32. The van der Waals surface area contributed by atoms with E-state index in [9.17, 15) is 4.39 Å². The number of hydrogen-bond acceptors (Lipinski definition) is 2. The summed E-state index contributed by atoms with van der Waals surface area (Å²) in [7, 11) is 0. The first-order valence-electron chi connectivity index (χ1n) is 5.51. The third-order valence-electron chi connectivity index (χ3n) is 2.58. The van der Waals surface area contributed by atoms with Gasteiger partial charge >= 0.3 is 0 Å². The molecule has 2 aromatic carbocycles. The second-order valence-electron chi connectivity index (χ2n) is 3.99. The van der Waals surface area contributed by atoms with Crippen LogP contribution in [-0.2, 0) is 0 Å². The van der Waals surface area contributed by atoms with E-state index in [4.69, 9.17) is 22.7 Å². The fourth-order valence-corrected chi connectivity index (χ4v) is 2.12. The average Bonchev–Trinajstić information content (AvgIpc) is 2.36. The summed E-state index contributed by atoms with van der Waals surface area (Å²) in [5.41, 5.74) is 6.72. The molecular weight excluding hydrogens is 329 g/mol. The lowest BCUT2D eigenvalue weighted by molar-refractivity contribution is 0.439. The van der Waals surface area contributed by atoms with Crippen molar-refractivity contribution in [2.75, 3.05) is 0 Å². The summed E-state index contributed by atoms with van der Waals surface area (Å²) in [6.45, 7) is 1.68. The first kappa shape index (κ1) is 14.0. The maximum Gasteiger partial charge on any atom is 0.168 e. The van der Waals surface area contributed by atoms with Crippen LogP contribution in [0.15, 0.2) is 40.9 Å². The molecular formula is C14H11BrFNOS. The lowest BCUT2D eigenvalue weighted by atomic mass is 10.2. The highest BCUT2D eigenvalue weighted by Crippen LogP contribution is 2.30. The number of ether oxygens (including phenoxy) is 1. The minimum absolute atomic E-state index is 0.153. The molecule has 2 N–H and O–H groups in total. The quantitative estimate of drug-likeness (QED) is 0.845. The molecule has 0 aliphatic carbocycles. The van der Waals surface area contributed by atoms with Crippen LogP contribution in [0.4, 0.5) is 4.39 Å². The summed E-state index contributed by atoms with van der Waals surface area (Å²) in [6.07, 6.45) is 0. The van der Waals surface area contributed by atoms with E-state index in [1.54, 1.807) is 43.3 Å². The first-order chi connectivity index (χ1) is 8.99. The molecule has 0 heterocycles. The Hall–Kier alpha value is -1.46. The number of benzene rings is 2. The van der Waals surface area contributed by atoms with Crippen molar-refractivity contribution in [1.82, 2.24) is 0 Å². The van der Waals surface area contributed by atoms with Crippen molar-refractivity contribution in [2.24, 2.45) is 5.73 Å². The van der Waals surface area contributed by atoms with E-state index in [-0.39, 0.29) is 16.6 Å². The SMILES string of the molecule is Cc1cccc(Oc2ccc(Br)cc2C(N)=S)c1F. The number of rotatable bonds is 3. The molecule has 19 heavy (non-hydrogen) atoms. The van der Waals surface area contributed by atoms with E-state index in [1.807, 2.05) is 0 Å². The second-order valence-corrected chi connectivity index (χ2v) is 5.35. The van der Waals surface area contributed by atoms with Gasteiger partial charge in [-0.3, -0.25) is 0 Å². The third-order valence-corrected chi connectivity index (χ3v) is 3.30. The zero-order chi connectivity index (χ0) is 14.0. The molecule has 5 heteroatoms. The first-order valence-corrected chi connectivity index (χ1v) is 6.71. The molecule has 0 radical (unpaired) electrons. The summed E-state index contributed by atoms with van der Waals surface area (Å²) in [5, 5.41) is 0. The Morgan fingerprint density at radius 1 is 1.26 bits per heavy atom. The molecule has 0 fully saturated rings. The number of hydrogen-bond donors (Lipinski definition) is 1. The highest BCUT2D eigenvalue weighted by Gasteiger charge is 2.12. The van der Waals surface area contributed by atoms with Gasteiger partial charge in [0, 0.05) is 4.47 Å². The van der Waals surface area contributed by atoms with Gasteiger partial charge in [0.05, 0.1) is 5.56 Å². The van der Waals surface area contributed by atoms with E-state index in [0.717, 1.165) is 4.47 Å². The van der Waals surface area contributed by atoms with Crippen LogP contribution in [0.5, 0.6) is 11.5 Å². The van der Waals surface area contributed by atoms with Crippen molar-refractivity contribution >= 4 is 33.1 Å². The van der Waals surface area contributed by atoms with Crippen LogP contribution in [0.1, 0.15) is 11.1 Å². The summed E-state index contributed by atoms with van der Waals surface area (Å²) in [5.74, 6) is 0.194. The van der Waals surface area contributed by atoms with Crippen LogP contribution in [0.25, 0.3) is 0 Å². The Kier molecular flexibility index (Phi) is 4.17. The minimum Gasteiger partial charge on any atom is -0.454 e. The van der Waals surface area contributed by atoms with E-state index in [0.29, 0.717) is 16.9 Å². The largest absolute Gasteiger partial charge is 0.454 e. The molecule has 0 unspecified atom stereocenters. The zero-order valence-corrected chi connectivity index (χ0v) is 12.5. The van der Waals surface area contributed by atoms with Gasteiger partial charge in [-0.25, -0.2) is 4.39 Å². The molecule has 0 bridgehead atoms. The summed E-state index contributed by atoms with van der Waals surface area (Å²) < 4.78 is 20.3. The highest BCUT2D eigenvalue weighted by molar-refractivity contribution is 9.10. The lowest BCUT2D eigenvalue weighted by Crippen LogP contribution is -2.11. The van der Waals surface area contributed by atoms with E-state index in [2.05, 4.69) is 15.9 Å². The third kappa shape index (κ3) is 3.11. The fourth-order valence-electron chi connectivity index (χ4n) is 1.60. The zero-order valence-electron chi connectivity index (χ0n) is 10.1. The molecule has 0 atom stereocenters. The van der Waals surface area contributed by atoms with Crippen LogP contribution in [-0.4, -0.2) is 4.99 Å². The second kappa shape index (κ2) is 5.67. The van der Waals surface area contributed by atoms with Crippen LogP contribution >= 0.6 is 28.1 Å². The number of halogens is 2. The molecule has 2 rings (SSSR count). The highest BCUT2D eigenvalue weighted by atomic mass is 79.9. The van der Waals surface area contributed by atoms with Gasteiger partial charge in [0.15, 0.2) is 11.6 Å². The van der Waals surface area contributed by atoms with Gasteiger partial charge < -0.3 is 10.5 Å². The molecule has 0 aromatic heterocycles. The molecule has 0 aliphatic heterocycles. The summed E-state index contributed by atoms with van der Waals surface area (Å²) in [4.78, 5) is 0.198. The van der Waals surface area contributed by atoms with Crippen molar-refractivity contribution < 1.29 is 9.13 Å². The van der Waals surface area contributed by atoms with Gasteiger partial charge in [-0.1, -0.05) is 40.3 Å². The van der Waals surface area contributed by atoms with Gasteiger partial charge in [-0.15, -0.1) is 0 Å². The average molecular weight is 340 g/mol. The Bertz CT molecular complexity index is 645. The number of thiocarbonyl (C=S) groups is 1. The fraction of sp³-hybridized carbons (Fsp3) is 0.0714. The van der Waals surface area contributed by atoms with Crippen LogP contribution in [0, 0.1) is 12.7 Å². The van der Waals surface area contributed by atoms with Gasteiger partial charge in [-0.2, -0.15) is 0 Å². The molecule has 0 amide bonds. The molecule has 98 valence electrons. The van der Waals surface area contributed by atoms with Crippen LogP contribution < -0.4 is 10.5 Å². The maximum absolute atomic E-state index is 13.9. The van der Waals surface area contributed by atoms with Gasteiger partial charge in [0.1, 0.15) is 10.7 Å². The van der Waals surface area contributed by atoms with Crippen molar-refractivity contribution in [3.63, 3.8) is 0 Å². The van der Waals surface area contributed by atoms with Crippen molar-refractivity contribution in [3.05, 3.63) is 57.8 Å². The molecule has 0 saturated heterocycles. The van der Waals surface area contributed by atoms with Crippen LogP contribution in [0.2, 0.25) is 0 Å². The Morgan fingerprint density at radius 2 is 2.00 bits per heavy atom. The van der Waals surface area contributed by atoms with Crippen molar-refractivity contribution in [2.45, 2.75) is 6.92 Å². The van der Waals surface area contributed by atoms with E-state index in [1.165, 1.54) is 0 Å². The van der Waals surface area contributed by atoms with Crippen molar-refractivity contribution in [1.29, 1.82) is 0 Å². The summed E-state index contributed by atoms with van der Waals surface area (Å²) in [6, 6.07) is 10.2. The topological polar surface area (TPSA) is 35.2 Å². The predicted molar refractivity (Wildman–Crippen MR) is 81.2 cm³/mol. The monoisotopic (exact) mass is 339 g/mol. The number of aryl methyl sites for hydroxylation is 1. The lowest BCUT2D eigenvalue weighted by Gasteiger charge is -2.12.